The molecule has 1 aliphatic rings. The molecule has 0 bridgehead atoms. The fourth-order valence-corrected chi connectivity index (χ4v) is 2.72. The van der Waals surface area contributed by atoms with Gasteiger partial charge in [-0.3, -0.25) is 4.79 Å². The third-order valence-corrected chi connectivity index (χ3v) is 4.14. The van der Waals surface area contributed by atoms with E-state index in [2.05, 4.69) is 10.3 Å². The molecule has 7 heteroatoms. The fraction of sp³-hybridized carbons (Fsp3) is 0.0909. The van der Waals surface area contributed by atoms with Crippen LogP contribution in [0.15, 0.2) is 66.9 Å². The number of nitrogens with zero attached hydrogens (tertiary/aromatic N) is 1. The van der Waals surface area contributed by atoms with Crippen LogP contribution in [0.1, 0.15) is 11.1 Å². The first kappa shape index (κ1) is 18.5. The second kappa shape index (κ2) is 8.43. The number of rotatable bonds is 6. The van der Waals surface area contributed by atoms with E-state index in [0.29, 0.717) is 28.7 Å². The lowest BCUT2D eigenvalue weighted by Crippen LogP contribution is -2.20. The zero-order valence-electron chi connectivity index (χ0n) is 15.3. The summed E-state index contributed by atoms with van der Waals surface area (Å²) in [6, 6.07) is 14.7. The number of carbonyl (C=O) groups excluding carboxylic acids is 1. The van der Waals surface area contributed by atoms with E-state index in [1.54, 1.807) is 48.7 Å². The topological polar surface area (TPSA) is 69.7 Å². The quantitative estimate of drug-likeness (QED) is 0.641. The molecule has 3 aromatic rings. The SMILES string of the molecule is O=C(C=Cc1ccc2c(c1)OCO2)NCc1cccnc1Oc1cccc(F)c1. The number of carbonyl (C=O) groups is 1. The second-order valence-electron chi connectivity index (χ2n) is 6.19. The van der Waals surface area contributed by atoms with Gasteiger partial charge in [-0.15, -0.1) is 0 Å². The van der Waals surface area contributed by atoms with Crippen LogP contribution in [0.3, 0.4) is 0 Å². The summed E-state index contributed by atoms with van der Waals surface area (Å²) in [4.78, 5) is 16.3. The van der Waals surface area contributed by atoms with Crippen molar-refractivity contribution < 1.29 is 23.4 Å². The van der Waals surface area contributed by atoms with Crippen LogP contribution in [-0.4, -0.2) is 17.7 Å². The Bertz CT molecular complexity index is 1070. The summed E-state index contributed by atoms with van der Waals surface area (Å²) in [6.07, 6.45) is 4.69. The van der Waals surface area contributed by atoms with Crippen LogP contribution in [0.4, 0.5) is 4.39 Å². The number of ether oxygens (including phenoxy) is 3. The van der Waals surface area contributed by atoms with Crippen molar-refractivity contribution >= 4 is 12.0 Å². The Labute approximate surface area is 166 Å². The van der Waals surface area contributed by atoms with Gasteiger partial charge in [-0.25, -0.2) is 9.37 Å². The summed E-state index contributed by atoms with van der Waals surface area (Å²) in [5, 5.41) is 2.78. The average Bonchev–Trinajstić information content (AvgIpc) is 3.19. The van der Waals surface area contributed by atoms with Crippen LogP contribution in [0, 0.1) is 5.82 Å². The molecule has 4 rings (SSSR count). The molecule has 0 unspecified atom stereocenters. The Morgan fingerprint density at radius 3 is 2.93 bits per heavy atom. The molecular formula is C22H17FN2O4. The van der Waals surface area contributed by atoms with Gasteiger partial charge >= 0.3 is 0 Å². The van der Waals surface area contributed by atoms with Gasteiger partial charge < -0.3 is 19.5 Å². The van der Waals surface area contributed by atoms with Gasteiger partial charge in [0, 0.05) is 30.4 Å². The molecule has 1 N–H and O–H groups in total. The first-order valence-electron chi connectivity index (χ1n) is 8.90. The van der Waals surface area contributed by atoms with Crippen molar-refractivity contribution in [3.8, 4) is 23.1 Å². The summed E-state index contributed by atoms with van der Waals surface area (Å²) in [7, 11) is 0. The highest BCUT2D eigenvalue weighted by Gasteiger charge is 2.12. The minimum absolute atomic E-state index is 0.203. The number of benzene rings is 2. The van der Waals surface area contributed by atoms with Gasteiger partial charge in [0.1, 0.15) is 11.6 Å². The molecule has 1 aliphatic heterocycles. The number of nitrogens with one attached hydrogen (secondary N) is 1. The van der Waals surface area contributed by atoms with Crippen LogP contribution in [0.2, 0.25) is 0 Å². The number of hydrogen-bond donors (Lipinski definition) is 1. The third kappa shape index (κ3) is 4.70. The van der Waals surface area contributed by atoms with E-state index in [-0.39, 0.29) is 19.2 Å². The Morgan fingerprint density at radius 1 is 1.14 bits per heavy atom. The van der Waals surface area contributed by atoms with Crippen LogP contribution >= 0.6 is 0 Å². The predicted molar refractivity (Wildman–Crippen MR) is 104 cm³/mol. The van der Waals surface area contributed by atoms with E-state index in [9.17, 15) is 9.18 Å². The van der Waals surface area contributed by atoms with Crippen LogP contribution in [0.5, 0.6) is 23.1 Å². The molecule has 1 aromatic heterocycles. The number of aromatic nitrogens is 1. The van der Waals surface area contributed by atoms with Crippen LogP contribution in [-0.2, 0) is 11.3 Å². The third-order valence-electron chi connectivity index (χ3n) is 4.14. The van der Waals surface area contributed by atoms with Gasteiger partial charge in [0.2, 0.25) is 18.6 Å². The van der Waals surface area contributed by atoms with E-state index in [0.717, 1.165) is 5.56 Å². The molecule has 2 aromatic carbocycles. The highest BCUT2D eigenvalue weighted by Crippen LogP contribution is 2.32. The van der Waals surface area contributed by atoms with Gasteiger partial charge in [-0.05, 0) is 42.0 Å². The number of halogens is 1. The standard InChI is InChI=1S/C22H17FN2O4/c23-17-4-1-5-18(12-17)29-22-16(3-2-10-24-22)13-25-21(26)9-7-15-6-8-19-20(11-15)28-14-27-19/h1-12H,13-14H2,(H,25,26). The first-order chi connectivity index (χ1) is 14.2. The maximum Gasteiger partial charge on any atom is 0.244 e. The molecule has 1 amide bonds. The normalized spacial score (nSPS) is 12.2. The molecule has 0 saturated heterocycles. The van der Waals surface area contributed by atoms with Crippen molar-refractivity contribution in [1.82, 2.24) is 10.3 Å². The molecule has 0 fully saturated rings. The highest BCUT2D eigenvalue weighted by atomic mass is 19.1. The number of pyridine rings is 1. The van der Waals surface area contributed by atoms with Gasteiger partial charge in [0.25, 0.3) is 0 Å². The average molecular weight is 392 g/mol. The highest BCUT2D eigenvalue weighted by molar-refractivity contribution is 5.91. The van der Waals surface area contributed by atoms with E-state index in [1.165, 1.54) is 18.2 Å². The van der Waals surface area contributed by atoms with Crippen molar-refractivity contribution in [3.63, 3.8) is 0 Å². The molecule has 2 heterocycles. The summed E-state index contributed by atoms with van der Waals surface area (Å²) in [5.74, 6) is 1.30. The van der Waals surface area contributed by atoms with Gasteiger partial charge in [-0.1, -0.05) is 18.2 Å². The number of hydrogen-bond acceptors (Lipinski definition) is 5. The predicted octanol–water partition coefficient (Wildman–Crippen LogP) is 4.07. The summed E-state index contributed by atoms with van der Waals surface area (Å²) in [5.41, 5.74) is 1.49. The van der Waals surface area contributed by atoms with E-state index >= 15 is 0 Å². The van der Waals surface area contributed by atoms with E-state index in [4.69, 9.17) is 14.2 Å². The smallest absolute Gasteiger partial charge is 0.244 e. The maximum absolute atomic E-state index is 13.3. The molecule has 6 nitrogen and oxygen atoms in total. The van der Waals surface area contributed by atoms with Crippen LogP contribution < -0.4 is 19.5 Å². The van der Waals surface area contributed by atoms with Gasteiger partial charge in [0.15, 0.2) is 11.5 Å². The Morgan fingerprint density at radius 2 is 2.03 bits per heavy atom. The Hall–Kier alpha value is -3.87. The molecule has 29 heavy (non-hydrogen) atoms. The van der Waals surface area contributed by atoms with E-state index in [1.807, 2.05) is 6.07 Å². The monoisotopic (exact) mass is 392 g/mol. The first-order valence-corrected chi connectivity index (χ1v) is 8.90. The van der Waals surface area contributed by atoms with Crippen molar-refractivity contribution in [3.05, 3.63) is 83.8 Å². The largest absolute Gasteiger partial charge is 0.454 e. The van der Waals surface area contributed by atoms with Gasteiger partial charge in [0.05, 0.1) is 0 Å². The second-order valence-corrected chi connectivity index (χ2v) is 6.19. The Balaban J connectivity index is 1.38. The summed E-state index contributed by atoms with van der Waals surface area (Å²) >= 11 is 0. The molecule has 0 saturated carbocycles. The summed E-state index contributed by atoms with van der Waals surface area (Å²) in [6.45, 7) is 0.414. The fourth-order valence-electron chi connectivity index (χ4n) is 2.72. The van der Waals surface area contributed by atoms with Crippen molar-refractivity contribution in [2.24, 2.45) is 0 Å². The molecule has 0 atom stereocenters. The number of amides is 1. The molecule has 146 valence electrons. The lowest BCUT2D eigenvalue weighted by atomic mass is 10.2. The molecular weight excluding hydrogens is 375 g/mol. The molecule has 0 radical (unpaired) electrons. The maximum atomic E-state index is 13.3. The van der Waals surface area contributed by atoms with Crippen molar-refractivity contribution in [2.45, 2.75) is 6.54 Å². The van der Waals surface area contributed by atoms with Crippen molar-refractivity contribution in [1.29, 1.82) is 0 Å². The molecule has 0 spiro atoms. The number of fused-ring (bicyclic) bond motifs is 1. The summed E-state index contributed by atoms with van der Waals surface area (Å²) < 4.78 is 29.6. The van der Waals surface area contributed by atoms with Gasteiger partial charge in [-0.2, -0.15) is 0 Å². The zero-order valence-corrected chi connectivity index (χ0v) is 15.3. The lowest BCUT2D eigenvalue weighted by Gasteiger charge is -2.10. The lowest BCUT2D eigenvalue weighted by molar-refractivity contribution is -0.116. The Kier molecular flexibility index (Phi) is 5.38. The van der Waals surface area contributed by atoms with Crippen LogP contribution in [0.25, 0.3) is 6.08 Å². The van der Waals surface area contributed by atoms with Crippen molar-refractivity contribution in [2.75, 3.05) is 6.79 Å². The minimum Gasteiger partial charge on any atom is -0.454 e. The van der Waals surface area contributed by atoms with E-state index < -0.39 is 5.82 Å². The molecule has 0 aliphatic carbocycles. The minimum atomic E-state index is -0.401. The zero-order chi connectivity index (χ0) is 20.1.